The molecule has 0 unspecified atom stereocenters. The van der Waals surface area contributed by atoms with Crippen molar-refractivity contribution in [1.29, 1.82) is 0 Å². The van der Waals surface area contributed by atoms with Crippen molar-refractivity contribution in [2.75, 3.05) is 18.5 Å². The van der Waals surface area contributed by atoms with Crippen LogP contribution in [0.15, 0.2) is 30.5 Å². The second-order valence-corrected chi connectivity index (χ2v) is 4.28. The highest BCUT2D eigenvalue weighted by molar-refractivity contribution is 5.78. The zero-order chi connectivity index (χ0) is 11.5. The van der Waals surface area contributed by atoms with E-state index in [-0.39, 0.29) is 0 Å². The number of para-hydroxylation sites is 1. The minimum absolute atomic E-state index is 0.435. The average Bonchev–Trinajstić information content (AvgIpc) is 2.40. The molecule has 1 N–H and O–H groups in total. The first-order chi connectivity index (χ1) is 8.42. The number of aromatic nitrogens is 2. The molecule has 2 heterocycles. The molecule has 1 saturated heterocycles. The first-order valence-electron chi connectivity index (χ1n) is 5.98. The lowest BCUT2D eigenvalue weighted by Gasteiger charge is -2.23. The number of hydrogen-bond donors (Lipinski definition) is 1. The number of rotatable bonds is 2. The topological polar surface area (TPSA) is 47.0 Å². The fraction of sp³-hybridized carbons (Fsp3) is 0.385. The van der Waals surface area contributed by atoms with E-state index in [0.29, 0.717) is 6.04 Å². The number of nitrogens with zero attached hydrogens (tertiary/aromatic N) is 2. The molecule has 4 nitrogen and oxygen atoms in total. The van der Waals surface area contributed by atoms with Crippen LogP contribution in [-0.2, 0) is 4.74 Å². The molecule has 3 rings (SSSR count). The summed E-state index contributed by atoms with van der Waals surface area (Å²) in [5, 5.41) is 4.44. The van der Waals surface area contributed by atoms with Gasteiger partial charge in [-0.2, -0.15) is 0 Å². The van der Waals surface area contributed by atoms with Gasteiger partial charge in [0.25, 0.3) is 0 Å². The van der Waals surface area contributed by atoms with Crippen molar-refractivity contribution in [3.05, 3.63) is 30.5 Å². The Kier molecular flexibility index (Phi) is 2.88. The third-order valence-corrected chi connectivity index (χ3v) is 3.04. The minimum Gasteiger partial charge on any atom is -0.381 e. The molecule has 0 bridgehead atoms. The number of anilines is 1. The molecule has 0 radical (unpaired) electrons. The van der Waals surface area contributed by atoms with Gasteiger partial charge in [-0.1, -0.05) is 18.2 Å². The molecular formula is C13H15N3O. The predicted octanol–water partition coefficient (Wildman–Crippen LogP) is 2.22. The molecule has 0 amide bonds. The molecule has 1 aliphatic heterocycles. The molecule has 1 fully saturated rings. The van der Waals surface area contributed by atoms with Crippen LogP contribution in [-0.4, -0.2) is 29.2 Å². The third-order valence-electron chi connectivity index (χ3n) is 3.04. The number of fused-ring (bicyclic) bond motifs is 1. The zero-order valence-corrected chi connectivity index (χ0v) is 9.60. The van der Waals surface area contributed by atoms with E-state index in [9.17, 15) is 0 Å². The minimum atomic E-state index is 0.435. The molecule has 88 valence electrons. The van der Waals surface area contributed by atoms with Gasteiger partial charge in [0.15, 0.2) is 0 Å². The Hall–Kier alpha value is -1.68. The SMILES string of the molecule is c1ccc2nc(NC3CCOCC3)ncc2c1. The van der Waals surface area contributed by atoms with Crippen LogP contribution < -0.4 is 5.32 Å². The lowest BCUT2D eigenvalue weighted by Crippen LogP contribution is -2.28. The van der Waals surface area contributed by atoms with Gasteiger partial charge >= 0.3 is 0 Å². The lowest BCUT2D eigenvalue weighted by molar-refractivity contribution is 0.0903. The zero-order valence-electron chi connectivity index (χ0n) is 9.60. The van der Waals surface area contributed by atoms with Gasteiger partial charge in [-0.05, 0) is 18.9 Å². The van der Waals surface area contributed by atoms with Gasteiger partial charge in [0.05, 0.1) is 5.52 Å². The first kappa shape index (κ1) is 10.5. The first-order valence-corrected chi connectivity index (χ1v) is 5.98. The Morgan fingerprint density at radius 1 is 1.18 bits per heavy atom. The number of nitrogens with one attached hydrogen (secondary N) is 1. The quantitative estimate of drug-likeness (QED) is 0.857. The predicted molar refractivity (Wildman–Crippen MR) is 67.0 cm³/mol. The second kappa shape index (κ2) is 4.67. The number of benzene rings is 1. The summed E-state index contributed by atoms with van der Waals surface area (Å²) >= 11 is 0. The molecule has 1 aromatic carbocycles. The van der Waals surface area contributed by atoms with E-state index in [1.165, 1.54) is 0 Å². The fourth-order valence-corrected chi connectivity index (χ4v) is 2.07. The van der Waals surface area contributed by atoms with Crippen LogP contribution >= 0.6 is 0 Å². The molecule has 4 heteroatoms. The normalized spacial score (nSPS) is 17.2. The van der Waals surface area contributed by atoms with Crippen LogP contribution in [0.25, 0.3) is 10.9 Å². The van der Waals surface area contributed by atoms with Crippen molar-refractivity contribution in [2.45, 2.75) is 18.9 Å². The Morgan fingerprint density at radius 3 is 2.88 bits per heavy atom. The highest BCUT2D eigenvalue weighted by Crippen LogP contribution is 2.15. The molecule has 0 spiro atoms. The molecule has 17 heavy (non-hydrogen) atoms. The standard InChI is InChI=1S/C13H15N3O/c1-2-4-12-10(3-1)9-14-13(16-12)15-11-5-7-17-8-6-11/h1-4,9,11H,5-8H2,(H,14,15,16). The van der Waals surface area contributed by atoms with Crippen molar-refractivity contribution >= 4 is 16.9 Å². The maximum Gasteiger partial charge on any atom is 0.223 e. The summed E-state index contributed by atoms with van der Waals surface area (Å²) < 4.78 is 5.33. The van der Waals surface area contributed by atoms with E-state index < -0.39 is 0 Å². The van der Waals surface area contributed by atoms with Gasteiger partial charge < -0.3 is 10.1 Å². The summed E-state index contributed by atoms with van der Waals surface area (Å²) in [6, 6.07) is 8.45. The van der Waals surface area contributed by atoms with Gasteiger partial charge in [0.1, 0.15) is 0 Å². The van der Waals surface area contributed by atoms with Gasteiger partial charge in [-0.3, -0.25) is 0 Å². The monoisotopic (exact) mass is 229 g/mol. The maximum atomic E-state index is 5.33. The molecule has 2 aromatic rings. The Labute approximate surface area is 100 Å². The summed E-state index contributed by atoms with van der Waals surface area (Å²) in [4.78, 5) is 8.84. The van der Waals surface area contributed by atoms with Crippen LogP contribution in [0.3, 0.4) is 0 Å². The summed E-state index contributed by atoms with van der Waals surface area (Å²) in [7, 11) is 0. The van der Waals surface area contributed by atoms with Crippen molar-refractivity contribution in [3.63, 3.8) is 0 Å². The molecule has 0 atom stereocenters. The van der Waals surface area contributed by atoms with E-state index in [4.69, 9.17) is 4.74 Å². The molecule has 0 saturated carbocycles. The van der Waals surface area contributed by atoms with Crippen LogP contribution in [0.1, 0.15) is 12.8 Å². The van der Waals surface area contributed by atoms with Gasteiger partial charge in [0, 0.05) is 30.8 Å². The number of ether oxygens (including phenoxy) is 1. The van der Waals surface area contributed by atoms with Crippen LogP contribution in [0.4, 0.5) is 5.95 Å². The van der Waals surface area contributed by atoms with Gasteiger partial charge in [0.2, 0.25) is 5.95 Å². The van der Waals surface area contributed by atoms with Crippen molar-refractivity contribution in [3.8, 4) is 0 Å². The Balaban J connectivity index is 1.80. The van der Waals surface area contributed by atoms with Crippen LogP contribution in [0.2, 0.25) is 0 Å². The largest absolute Gasteiger partial charge is 0.381 e. The van der Waals surface area contributed by atoms with Gasteiger partial charge in [-0.25, -0.2) is 9.97 Å². The maximum absolute atomic E-state index is 5.33. The molecular weight excluding hydrogens is 214 g/mol. The van der Waals surface area contributed by atoms with Gasteiger partial charge in [-0.15, -0.1) is 0 Å². The van der Waals surface area contributed by atoms with Crippen LogP contribution in [0, 0.1) is 0 Å². The second-order valence-electron chi connectivity index (χ2n) is 4.28. The van der Waals surface area contributed by atoms with Crippen LogP contribution in [0.5, 0.6) is 0 Å². The van der Waals surface area contributed by atoms with E-state index in [1.807, 2.05) is 30.5 Å². The summed E-state index contributed by atoms with van der Waals surface area (Å²) in [5.74, 6) is 0.718. The lowest BCUT2D eigenvalue weighted by atomic mass is 10.1. The molecule has 1 aliphatic rings. The van der Waals surface area contributed by atoms with E-state index in [0.717, 1.165) is 42.9 Å². The average molecular weight is 229 g/mol. The van der Waals surface area contributed by atoms with E-state index in [2.05, 4.69) is 15.3 Å². The Bertz CT molecular complexity index is 509. The highest BCUT2D eigenvalue weighted by Gasteiger charge is 2.14. The van der Waals surface area contributed by atoms with Crippen molar-refractivity contribution in [1.82, 2.24) is 9.97 Å². The van der Waals surface area contributed by atoms with E-state index >= 15 is 0 Å². The van der Waals surface area contributed by atoms with Crippen molar-refractivity contribution in [2.24, 2.45) is 0 Å². The summed E-state index contributed by atoms with van der Waals surface area (Å²) in [5.41, 5.74) is 0.983. The third kappa shape index (κ3) is 2.36. The van der Waals surface area contributed by atoms with Crippen molar-refractivity contribution < 1.29 is 4.74 Å². The van der Waals surface area contributed by atoms with E-state index in [1.54, 1.807) is 0 Å². The molecule has 1 aromatic heterocycles. The number of hydrogen-bond acceptors (Lipinski definition) is 4. The smallest absolute Gasteiger partial charge is 0.223 e. The Morgan fingerprint density at radius 2 is 2.00 bits per heavy atom. The highest BCUT2D eigenvalue weighted by atomic mass is 16.5. The molecule has 0 aliphatic carbocycles. The summed E-state index contributed by atoms with van der Waals surface area (Å²) in [6.45, 7) is 1.65. The fourth-order valence-electron chi connectivity index (χ4n) is 2.07. The summed E-state index contributed by atoms with van der Waals surface area (Å²) in [6.07, 6.45) is 3.91.